The molecule has 1 aromatic rings. The lowest BCUT2D eigenvalue weighted by molar-refractivity contribution is -0.144. The largest absolute Gasteiger partial charge is 0.467 e. The molecule has 1 heterocycles. The second-order valence-electron chi connectivity index (χ2n) is 4.50. The number of nitrogens with zero attached hydrogens (tertiary/aromatic N) is 1. The highest BCUT2D eigenvalue weighted by Gasteiger charge is 2.41. The Morgan fingerprint density at radius 3 is 2.30 bits per heavy atom. The van der Waals surface area contributed by atoms with Gasteiger partial charge in [-0.15, -0.1) is 0 Å². The van der Waals surface area contributed by atoms with E-state index in [0.29, 0.717) is 5.56 Å². The molecule has 104 valence electrons. The van der Waals surface area contributed by atoms with Gasteiger partial charge in [0.15, 0.2) is 5.78 Å². The second-order valence-corrected chi connectivity index (χ2v) is 4.50. The number of carbonyl (C=O) groups excluding carboxylic acids is 4. The van der Waals surface area contributed by atoms with Crippen LogP contribution < -0.4 is 0 Å². The Morgan fingerprint density at radius 1 is 1.15 bits per heavy atom. The van der Waals surface area contributed by atoms with Crippen LogP contribution in [0.1, 0.15) is 44.9 Å². The third kappa shape index (κ3) is 1.99. The molecule has 6 nitrogen and oxygen atoms in total. The fraction of sp³-hybridized carbons (Fsp3) is 0.286. The predicted octanol–water partition coefficient (Wildman–Crippen LogP) is 1.05. The summed E-state index contributed by atoms with van der Waals surface area (Å²) in [5.41, 5.74) is 0.673. The summed E-state index contributed by atoms with van der Waals surface area (Å²) >= 11 is 0. The van der Waals surface area contributed by atoms with Crippen molar-refractivity contribution >= 4 is 23.6 Å². The van der Waals surface area contributed by atoms with E-state index >= 15 is 0 Å². The third-order valence-electron chi connectivity index (χ3n) is 3.25. The molecule has 20 heavy (non-hydrogen) atoms. The van der Waals surface area contributed by atoms with Gasteiger partial charge in [-0.05, 0) is 26.0 Å². The lowest BCUT2D eigenvalue weighted by Gasteiger charge is -2.19. The van der Waals surface area contributed by atoms with Crippen LogP contribution in [0.2, 0.25) is 0 Å². The average Bonchev–Trinajstić information content (AvgIpc) is 2.68. The number of hydrogen-bond acceptors (Lipinski definition) is 5. The van der Waals surface area contributed by atoms with Crippen LogP contribution >= 0.6 is 0 Å². The molecule has 0 aromatic heterocycles. The van der Waals surface area contributed by atoms with Gasteiger partial charge >= 0.3 is 5.97 Å². The zero-order valence-electron chi connectivity index (χ0n) is 11.3. The number of esters is 1. The van der Waals surface area contributed by atoms with Gasteiger partial charge in [-0.2, -0.15) is 0 Å². The molecule has 0 fully saturated rings. The maximum absolute atomic E-state index is 12.2. The molecule has 2 amide bonds. The first-order valence-corrected chi connectivity index (χ1v) is 5.99. The SMILES string of the molecule is COC(=O)C(C)N1C(=O)c2ccc(C(C)=O)cc2C1=O. The fourth-order valence-electron chi connectivity index (χ4n) is 2.11. The molecule has 0 spiro atoms. The fourth-order valence-corrected chi connectivity index (χ4v) is 2.11. The summed E-state index contributed by atoms with van der Waals surface area (Å²) in [5.74, 6) is -2.03. The molecule has 6 heteroatoms. The standard InChI is InChI=1S/C14H13NO5/c1-7(14(19)20-3)15-12(17)10-5-4-9(8(2)16)6-11(10)13(15)18/h4-7H,1-3H3. The van der Waals surface area contributed by atoms with Crippen LogP contribution in [0.25, 0.3) is 0 Å². The molecule has 0 N–H and O–H groups in total. The number of imide groups is 1. The highest BCUT2D eigenvalue weighted by Crippen LogP contribution is 2.26. The Balaban J connectivity index is 2.45. The predicted molar refractivity (Wildman–Crippen MR) is 68.4 cm³/mol. The molecular formula is C14H13NO5. The summed E-state index contributed by atoms with van der Waals surface area (Å²) in [4.78, 5) is 48.1. The number of ether oxygens (including phenoxy) is 1. The van der Waals surface area contributed by atoms with Crippen LogP contribution in [0.4, 0.5) is 0 Å². The molecule has 0 radical (unpaired) electrons. The van der Waals surface area contributed by atoms with Crippen molar-refractivity contribution in [3.05, 3.63) is 34.9 Å². The number of rotatable bonds is 3. The van der Waals surface area contributed by atoms with Crippen molar-refractivity contribution in [2.24, 2.45) is 0 Å². The summed E-state index contributed by atoms with van der Waals surface area (Å²) in [6, 6.07) is 3.28. The Bertz CT molecular complexity index is 634. The first kappa shape index (κ1) is 13.9. The maximum atomic E-state index is 12.2. The zero-order valence-corrected chi connectivity index (χ0v) is 11.3. The van der Waals surface area contributed by atoms with Gasteiger partial charge in [-0.1, -0.05) is 6.07 Å². The molecule has 1 atom stereocenters. The zero-order chi connectivity index (χ0) is 15.0. The molecule has 1 aliphatic rings. The third-order valence-corrected chi connectivity index (χ3v) is 3.25. The molecule has 2 rings (SSSR count). The van der Waals surface area contributed by atoms with Crippen molar-refractivity contribution in [2.75, 3.05) is 7.11 Å². The van der Waals surface area contributed by atoms with Gasteiger partial charge in [0.25, 0.3) is 11.8 Å². The van der Waals surface area contributed by atoms with E-state index in [1.165, 1.54) is 39.2 Å². The van der Waals surface area contributed by atoms with Crippen LogP contribution in [0.5, 0.6) is 0 Å². The minimum Gasteiger partial charge on any atom is -0.467 e. The summed E-state index contributed by atoms with van der Waals surface area (Å²) in [5, 5.41) is 0. The number of fused-ring (bicyclic) bond motifs is 1. The minimum atomic E-state index is -1.01. The van der Waals surface area contributed by atoms with Crippen LogP contribution in [-0.4, -0.2) is 41.6 Å². The number of amides is 2. The molecule has 0 aliphatic carbocycles. The van der Waals surface area contributed by atoms with Crippen LogP contribution in [0.3, 0.4) is 0 Å². The van der Waals surface area contributed by atoms with E-state index in [-0.39, 0.29) is 16.9 Å². The van der Waals surface area contributed by atoms with Crippen LogP contribution in [0.15, 0.2) is 18.2 Å². The lowest BCUT2D eigenvalue weighted by Crippen LogP contribution is -2.43. The topological polar surface area (TPSA) is 80.8 Å². The monoisotopic (exact) mass is 275 g/mol. The van der Waals surface area contributed by atoms with Crippen molar-refractivity contribution in [3.63, 3.8) is 0 Å². The minimum absolute atomic E-state index is 0.137. The van der Waals surface area contributed by atoms with E-state index in [0.717, 1.165) is 4.90 Å². The van der Waals surface area contributed by atoms with Gasteiger partial charge < -0.3 is 4.74 Å². The number of methoxy groups -OCH3 is 1. The first-order valence-electron chi connectivity index (χ1n) is 5.99. The summed E-state index contributed by atoms with van der Waals surface area (Å²) in [6.07, 6.45) is 0. The maximum Gasteiger partial charge on any atom is 0.328 e. The van der Waals surface area contributed by atoms with E-state index in [1.54, 1.807) is 0 Å². The highest BCUT2D eigenvalue weighted by molar-refractivity contribution is 6.23. The highest BCUT2D eigenvalue weighted by atomic mass is 16.5. The Kier molecular flexibility index (Phi) is 3.40. The van der Waals surface area contributed by atoms with Crippen molar-refractivity contribution in [2.45, 2.75) is 19.9 Å². The van der Waals surface area contributed by atoms with Crippen molar-refractivity contribution < 1.29 is 23.9 Å². The normalized spacial score (nSPS) is 15.1. The van der Waals surface area contributed by atoms with E-state index in [9.17, 15) is 19.2 Å². The van der Waals surface area contributed by atoms with Gasteiger partial charge in [0.2, 0.25) is 0 Å². The number of ketones is 1. The van der Waals surface area contributed by atoms with E-state index in [4.69, 9.17) is 0 Å². The molecule has 0 bridgehead atoms. The van der Waals surface area contributed by atoms with Crippen LogP contribution in [-0.2, 0) is 9.53 Å². The second kappa shape index (κ2) is 4.88. The van der Waals surface area contributed by atoms with Gasteiger partial charge in [0.05, 0.1) is 18.2 Å². The van der Waals surface area contributed by atoms with E-state index in [2.05, 4.69) is 4.74 Å². The summed E-state index contributed by atoms with van der Waals surface area (Å²) in [7, 11) is 1.19. The van der Waals surface area contributed by atoms with Gasteiger partial charge in [0, 0.05) is 5.56 Å². The summed E-state index contributed by atoms with van der Waals surface area (Å²) in [6.45, 7) is 2.79. The molecule has 1 aliphatic heterocycles. The molecule has 0 saturated heterocycles. The van der Waals surface area contributed by atoms with Gasteiger partial charge in [0.1, 0.15) is 6.04 Å². The van der Waals surface area contributed by atoms with Crippen LogP contribution in [0, 0.1) is 0 Å². The van der Waals surface area contributed by atoms with Gasteiger partial charge in [-0.3, -0.25) is 19.3 Å². The average molecular weight is 275 g/mol. The van der Waals surface area contributed by atoms with E-state index < -0.39 is 23.8 Å². The lowest BCUT2D eigenvalue weighted by atomic mass is 10.0. The molecule has 1 aromatic carbocycles. The number of benzene rings is 1. The van der Waals surface area contributed by atoms with Crippen molar-refractivity contribution in [1.82, 2.24) is 4.90 Å². The van der Waals surface area contributed by atoms with Crippen molar-refractivity contribution in [1.29, 1.82) is 0 Å². The molecule has 0 saturated carbocycles. The van der Waals surface area contributed by atoms with Crippen molar-refractivity contribution in [3.8, 4) is 0 Å². The first-order chi connectivity index (χ1) is 9.38. The molecular weight excluding hydrogens is 262 g/mol. The quantitative estimate of drug-likeness (QED) is 0.468. The molecule has 1 unspecified atom stereocenters. The Labute approximate surface area is 115 Å². The Morgan fingerprint density at radius 2 is 1.75 bits per heavy atom. The number of Topliss-reactive ketones (excluding diaryl/α,β-unsaturated/α-hetero) is 1. The summed E-state index contributed by atoms with van der Waals surface area (Å²) < 4.78 is 4.54. The number of carbonyl (C=O) groups is 4. The van der Waals surface area contributed by atoms with Gasteiger partial charge in [-0.25, -0.2) is 4.79 Å². The Hall–Kier alpha value is -2.50. The smallest absolute Gasteiger partial charge is 0.328 e. The van der Waals surface area contributed by atoms with E-state index in [1.807, 2.05) is 0 Å². The number of hydrogen-bond donors (Lipinski definition) is 0.